The van der Waals surface area contributed by atoms with Gasteiger partial charge in [-0.3, -0.25) is 14.6 Å². The van der Waals surface area contributed by atoms with Crippen LogP contribution in [0.5, 0.6) is 0 Å². The molecule has 0 saturated heterocycles. The average Bonchev–Trinajstić information content (AvgIpc) is 2.97. The fourth-order valence-electron chi connectivity index (χ4n) is 1.57. The maximum Gasteiger partial charge on any atom is 0.303 e. The minimum atomic E-state index is -0.880. The minimum Gasteiger partial charge on any atom is -0.481 e. The van der Waals surface area contributed by atoms with Crippen LogP contribution in [-0.2, 0) is 4.79 Å². The molecule has 1 amide bonds. The molecule has 0 radical (unpaired) electrons. The van der Waals surface area contributed by atoms with E-state index in [4.69, 9.17) is 5.11 Å². The summed E-state index contributed by atoms with van der Waals surface area (Å²) in [6, 6.07) is 1.63. The van der Waals surface area contributed by atoms with E-state index in [1.54, 1.807) is 18.5 Å². The lowest BCUT2D eigenvalue weighted by atomic mass is 10.2. The average molecular weight is 275 g/mol. The molecule has 104 valence electrons. The van der Waals surface area contributed by atoms with Gasteiger partial charge in [-0.05, 0) is 12.5 Å². The Labute approximate surface area is 114 Å². The van der Waals surface area contributed by atoms with Gasteiger partial charge < -0.3 is 10.4 Å². The molecule has 20 heavy (non-hydrogen) atoms. The summed E-state index contributed by atoms with van der Waals surface area (Å²) in [6.45, 7) is 0.304. The summed E-state index contributed by atoms with van der Waals surface area (Å²) in [7, 11) is 0. The van der Waals surface area contributed by atoms with Crippen molar-refractivity contribution in [2.75, 3.05) is 6.54 Å². The third-order valence-corrected chi connectivity index (χ3v) is 2.53. The summed E-state index contributed by atoms with van der Waals surface area (Å²) in [5, 5.41) is 18.6. The molecule has 0 aliphatic heterocycles. The monoisotopic (exact) mass is 275 g/mol. The molecule has 0 aromatic carbocycles. The molecule has 0 saturated carbocycles. The number of hydrogen-bond donors (Lipinski definition) is 2. The number of carbonyl (C=O) groups excluding carboxylic acids is 1. The molecule has 2 aromatic rings. The van der Waals surface area contributed by atoms with Gasteiger partial charge in [0.25, 0.3) is 5.91 Å². The van der Waals surface area contributed by atoms with E-state index in [9.17, 15) is 9.59 Å². The third kappa shape index (κ3) is 3.61. The van der Waals surface area contributed by atoms with Gasteiger partial charge in [-0.15, -0.1) is 5.10 Å². The van der Waals surface area contributed by atoms with Crippen molar-refractivity contribution in [1.29, 1.82) is 0 Å². The number of nitrogens with one attached hydrogen (secondary N) is 1. The number of aliphatic carboxylic acids is 1. The topological polar surface area (TPSA) is 110 Å². The van der Waals surface area contributed by atoms with Crippen molar-refractivity contribution in [3.63, 3.8) is 0 Å². The maximum absolute atomic E-state index is 11.9. The Morgan fingerprint density at radius 2 is 2.20 bits per heavy atom. The van der Waals surface area contributed by atoms with Gasteiger partial charge in [0.2, 0.25) is 0 Å². The van der Waals surface area contributed by atoms with E-state index in [-0.39, 0.29) is 12.3 Å². The van der Waals surface area contributed by atoms with Crippen LogP contribution < -0.4 is 5.32 Å². The molecule has 0 spiro atoms. The van der Waals surface area contributed by atoms with Gasteiger partial charge in [-0.2, -0.15) is 0 Å². The Morgan fingerprint density at radius 1 is 1.35 bits per heavy atom. The number of pyridine rings is 1. The van der Waals surface area contributed by atoms with Crippen molar-refractivity contribution in [2.24, 2.45) is 0 Å². The van der Waals surface area contributed by atoms with E-state index in [1.807, 2.05) is 0 Å². The zero-order chi connectivity index (χ0) is 14.4. The van der Waals surface area contributed by atoms with E-state index < -0.39 is 5.97 Å². The van der Waals surface area contributed by atoms with Crippen LogP contribution in [0.25, 0.3) is 5.69 Å². The quantitative estimate of drug-likeness (QED) is 0.731. The molecule has 8 heteroatoms. The zero-order valence-corrected chi connectivity index (χ0v) is 10.6. The van der Waals surface area contributed by atoms with Crippen LogP contribution in [0.1, 0.15) is 23.2 Å². The SMILES string of the molecule is O=C(O)CCCNC(=O)c1cncc(-n2ccnn2)c1. The second-order valence-electron chi connectivity index (χ2n) is 4.03. The van der Waals surface area contributed by atoms with Gasteiger partial charge in [0, 0.05) is 19.2 Å². The first-order valence-electron chi connectivity index (χ1n) is 5.98. The molecular weight excluding hydrogens is 262 g/mol. The molecule has 2 aromatic heterocycles. The van der Waals surface area contributed by atoms with Gasteiger partial charge in [-0.25, -0.2) is 4.68 Å². The summed E-state index contributed by atoms with van der Waals surface area (Å²) in [5.41, 5.74) is 1.01. The Balaban J connectivity index is 1.96. The van der Waals surface area contributed by atoms with Crippen LogP contribution in [0, 0.1) is 0 Å². The summed E-state index contributed by atoms with van der Waals surface area (Å²) in [5.74, 6) is -1.18. The van der Waals surface area contributed by atoms with Crippen LogP contribution in [0.4, 0.5) is 0 Å². The first-order chi connectivity index (χ1) is 9.66. The number of rotatable bonds is 6. The largest absolute Gasteiger partial charge is 0.481 e. The maximum atomic E-state index is 11.9. The van der Waals surface area contributed by atoms with Crippen molar-refractivity contribution >= 4 is 11.9 Å². The van der Waals surface area contributed by atoms with E-state index in [2.05, 4.69) is 20.6 Å². The molecule has 8 nitrogen and oxygen atoms in total. The summed E-state index contributed by atoms with van der Waals surface area (Å²) in [4.78, 5) is 26.2. The molecule has 0 aliphatic carbocycles. The first-order valence-corrected chi connectivity index (χ1v) is 5.98. The molecule has 0 unspecified atom stereocenters. The van der Waals surface area contributed by atoms with Crippen molar-refractivity contribution in [2.45, 2.75) is 12.8 Å². The van der Waals surface area contributed by atoms with E-state index in [0.717, 1.165) is 0 Å². The highest BCUT2D eigenvalue weighted by atomic mass is 16.4. The first kappa shape index (κ1) is 13.7. The molecule has 0 fully saturated rings. The highest BCUT2D eigenvalue weighted by molar-refractivity contribution is 5.94. The second-order valence-corrected chi connectivity index (χ2v) is 4.03. The number of amides is 1. The fraction of sp³-hybridized carbons (Fsp3) is 0.250. The van der Waals surface area contributed by atoms with Crippen LogP contribution in [0.15, 0.2) is 30.9 Å². The molecule has 0 aliphatic rings. The third-order valence-electron chi connectivity index (χ3n) is 2.53. The van der Waals surface area contributed by atoms with Crippen LogP contribution in [-0.4, -0.2) is 43.5 Å². The standard InChI is InChI=1S/C12H13N5O3/c18-11(19)2-1-3-14-12(20)9-6-10(8-13-7-9)17-5-4-15-16-17/h4-8H,1-3H2,(H,14,20)(H,18,19). The van der Waals surface area contributed by atoms with Gasteiger partial charge in [0.05, 0.1) is 29.8 Å². The highest BCUT2D eigenvalue weighted by Gasteiger charge is 2.08. The lowest BCUT2D eigenvalue weighted by Gasteiger charge is -2.05. The summed E-state index contributed by atoms with van der Waals surface area (Å²) in [6.07, 6.45) is 6.59. The Morgan fingerprint density at radius 3 is 2.90 bits per heavy atom. The molecular formula is C12H13N5O3. The van der Waals surface area contributed by atoms with E-state index in [0.29, 0.717) is 24.2 Å². The number of carbonyl (C=O) groups is 2. The van der Waals surface area contributed by atoms with Gasteiger partial charge in [-0.1, -0.05) is 5.21 Å². The number of carboxylic acids is 1. The van der Waals surface area contributed by atoms with Gasteiger partial charge >= 0.3 is 5.97 Å². The fourth-order valence-corrected chi connectivity index (χ4v) is 1.57. The lowest BCUT2D eigenvalue weighted by Crippen LogP contribution is -2.25. The van der Waals surface area contributed by atoms with Crippen molar-refractivity contribution in [3.8, 4) is 5.69 Å². The van der Waals surface area contributed by atoms with Gasteiger partial charge in [0.1, 0.15) is 0 Å². The highest BCUT2D eigenvalue weighted by Crippen LogP contribution is 2.06. The predicted octanol–water partition coefficient (Wildman–Crippen LogP) is 0.257. The number of carboxylic acid groups (broad SMARTS) is 1. The predicted molar refractivity (Wildman–Crippen MR) is 68.4 cm³/mol. The van der Waals surface area contributed by atoms with Gasteiger partial charge in [0.15, 0.2) is 0 Å². The molecule has 2 heterocycles. The zero-order valence-electron chi connectivity index (χ0n) is 10.6. The molecule has 0 bridgehead atoms. The number of aromatic nitrogens is 4. The van der Waals surface area contributed by atoms with Crippen LogP contribution in [0.2, 0.25) is 0 Å². The van der Waals surface area contributed by atoms with Crippen LogP contribution in [0.3, 0.4) is 0 Å². The number of hydrogen-bond acceptors (Lipinski definition) is 5. The Bertz CT molecular complexity index is 597. The Hall–Kier alpha value is -2.77. The van der Waals surface area contributed by atoms with Crippen molar-refractivity contribution in [3.05, 3.63) is 36.4 Å². The Kier molecular flexibility index (Phi) is 4.38. The summed E-state index contributed by atoms with van der Waals surface area (Å²) >= 11 is 0. The summed E-state index contributed by atoms with van der Waals surface area (Å²) < 4.78 is 1.49. The second kappa shape index (κ2) is 6.41. The molecule has 0 atom stereocenters. The molecule has 2 rings (SSSR count). The van der Waals surface area contributed by atoms with E-state index >= 15 is 0 Å². The normalized spacial score (nSPS) is 10.2. The lowest BCUT2D eigenvalue weighted by molar-refractivity contribution is -0.137. The molecule has 2 N–H and O–H groups in total. The van der Waals surface area contributed by atoms with Crippen molar-refractivity contribution in [1.82, 2.24) is 25.3 Å². The van der Waals surface area contributed by atoms with E-state index in [1.165, 1.54) is 17.1 Å². The van der Waals surface area contributed by atoms with Crippen molar-refractivity contribution < 1.29 is 14.7 Å². The minimum absolute atomic E-state index is 0.0253. The van der Waals surface area contributed by atoms with Crippen LogP contribution >= 0.6 is 0 Å². The smallest absolute Gasteiger partial charge is 0.303 e. The number of nitrogens with zero attached hydrogens (tertiary/aromatic N) is 4.